The molecule has 0 aliphatic heterocycles. The second kappa shape index (κ2) is 5.90. The summed E-state index contributed by atoms with van der Waals surface area (Å²) in [7, 11) is 0. The average Bonchev–Trinajstić information content (AvgIpc) is 2.55. The summed E-state index contributed by atoms with van der Waals surface area (Å²) in [6.07, 6.45) is 0. The van der Waals surface area contributed by atoms with Crippen LogP contribution in [0.4, 0.5) is 5.69 Å². The van der Waals surface area contributed by atoms with Crippen LogP contribution in [0.15, 0.2) is 60.7 Å². The molecule has 3 rings (SSSR count). The lowest BCUT2D eigenvalue weighted by Gasteiger charge is -2.14. The zero-order chi connectivity index (χ0) is 15.5. The van der Waals surface area contributed by atoms with E-state index in [-0.39, 0.29) is 5.97 Å². The molecule has 0 saturated carbocycles. The highest BCUT2D eigenvalue weighted by Gasteiger charge is 2.19. The van der Waals surface area contributed by atoms with Crippen molar-refractivity contribution in [2.24, 2.45) is 0 Å². The lowest BCUT2D eigenvalue weighted by Crippen LogP contribution is -2.10. The fraction of sp³-hybridized carbons (Fsp3) is 0.105. The van der Waals surface area contributed by atoms with Gasteiger partial charge in [-0.2, -0.15) is 0 Å². The Morgan fingerprint density at radius 1 is 1.05 bits per heavy atom. The van der Waals surface area contributed by atoms with Gasteiger partial charge in [0, 0.05) is 5.39 Å². The third-order valence-corrected chi connectivity index (χ3v) is 3.65. The molecule has 0 atom stereocenters. The van der Waals surface area contributed by atoms with E-state index in [2.05, 4.69) is 0 Å². The first-order chi connectivity index (χ1) is 10.7. The highest BCUT2D eigenvalue weighted by atomic mass is 16.5. The predicted molar refractivity (Wildman–Crippen MR) is 89.8 cm³/mol. The van der Waals surface area contributed by atoms with Crippen molar-refractivity contribution in [3.05, 3.63) is 66.2 Å². The highest BCUT2D eigenvalue weighted by Crippen LogP contribution is 2.35. The third kappa shape index (κ3) is 2.42. The van der Waals surface area contributed by atoms with Gasteiger partial charge in [-0.1, -0.05) is 54.6 Å². The van der Waals surface area contributed by atoms with Crippen LogP contribution in [0.2, 0.25) is 0 Å². The number of fused-ring (bicyclic) bond motifs is 1. The van der Waals surface area contributed by atoms with E-state index in [1.54, 1.807) is 6.92 Å². The maximum atomic E-state index is 12.4. The molecule has 0 fully saturated rings. The van der Waals surface area contributed by atoms with Crippen LogP contribution >= 0.6 is 0 Å². The van der Waals surface area contributed by atoms with E-state index < -0.39 is 0 Å². The van der Waals surface area contributed by atoms with Gasteiger partial charge in [-0.25, -0.2) is 4.79 Å². The second-order valence-electron chi connectivity index (χ2n) is 5.02. The van der Waals surface area contributed by atoms with Gasteiger partial charge in [-0.15, -0.1) is 0 Å². The maximum absolute atomic E-state index is 12.4. The zero-order valence-corrected chi connectivity index (χ0v) is 12.4. The summed E-state index contributed by atoms with van der Waals surface area (Å²) in [4.78, 5) is 12.4. The fourth-order valence-corrected chi connectivity index (χ4v) is 2.64. The molecule has 3 nitrogen and oxygen atoms in total. The van der Waals surface area contributed by atoms with E-state index in [4.69, 9.17) is 10.5 Å². The Morgan fingerprint density at radius 2 is 1.73 bits per heavy atom. The Kier molecular flexibility index (Phi) is 3.79. The molecule has 3 heteroatoms. The van der Waals surface area contributed by atoms with Crippen LogP contribution in [0.25, 0.3) is 21.9 Å². The Morgan fingerprint density at radius 3 is 2.45 bits per heavy atom. The van der Waals surface area contributed by atoms with Crippen molar-refractivity contribution in [3.63, 3.8) is 0 Å². The van der Waals surface area contributed by atoms with Gasteiger partial charge < -0.3 is 10.5 Å². The number of benzene rings is 3. The van der Waals surface area contributed by atoms with Crippen LogP contribution in [0.1, 0.15) is 17.3 Å². The number of carbonyl (C=O) groups excluding carboxylic acids is 1. The van der Waals surface area contributed by atoms with Crippen LogP contribution in [-0.4, -0.2) is 12.6 Å². The Balaban J connectivity index is 2.33. The van der Waals surface area contributed by atoms with E-state index in [0.717, 1.165) is 21.9 Å². The van der Waals surface area contributed by atoms with E-state index >= 15 is 0 Å². The van der Waals surface area contributed by atoms with E-state index in [1.165, 1.54) is 0 Å². The van der Waals surface area contributed by atoms with Crippen LogP contribution in [0.3, 0.4) is 0 Å². The van der Waals surface area contributed by atoms with E-state index in [0.29, 0.717) is 17.9 Å². The van der Waals surface area contributed by atoms with Crippen LogP contribution in [0, 0.1) is 0 Å². The summed E-state index contributed by atoms with van der Waals surface area (Å²) in [6.45, 7) is 2.11. The Labute approximate surface area is 129 Å². The molecule has 2 N–H and O–H groups in total. The molecule has 3 aromatic carbocycles. The minimum atomic E-state index is -0.385. The minimum Gasteiger partial charge on any atom is -0.462 e. The molecule has 0 heterocycles. The number of nitrogens with two attached hydrogens (primary N) is 1. The first kappa shape index (κ1) is 14.1. The summed E-state index contributed by atoms with van der Waals surface area (Å²) < 4.78 is 5.20. The molecule has 22 heavy (non-hydrogen) atoms. The third-order valence-electron chi connectivity index (χ3n) is 3.65. The van der Waals surface area contributed by atoms with Crippen molar-refractivity contribution < 1.29 is 9.53 Å². The maximum Gasteiger partial charge on any atom is 0.340 e. The first-order valence-corrected chi connectivity index (χ1v) is 7.26. The van der Waals surface area contributed by atoms with Gasteiger partial charge in [0.2, 0.25) is 0 Å². The number of hydrogen-bond acceptors (Lipinski definition) is 3. The van der Waals surface area contributed by atoms with Crippen molar-refractivity contribution in [2.45, 2.75) is 6.92 Å². The van der Waals surface area contributed by atoms with Gasteiger partial charge in [0.1, 0.15) is 0 Å². The lowest BCUT2D eigenvalue weighted by atomic mass is 9.93. The molecular weight excluding hydrogens is 274 g/mol. The Hall–Kier alpha value is -2.81. The molecule has 0 bridgehead atoms. The molecule has 0 radical (unpaired) electrons. The quantitative estimate of drug-likeness (QED) is 0.579. The normalized spacial score (nSPS) is 10.6. The van der Waals surface area contributed by atoms with Gasteiger partial charge in [-0.3, -0.25) is 0 Å². The van der Waals surface area contributed by atoms with Crippen LogP contribution < -0.4 is 5.73 Å². The monoisotopic (exact) mass is 291 g/mol. The van der Waals surface area contributed by atoms with Crippen molar-refractivity contribution in [1.82, 2.24) is 0 Å². The largest absolute Gasteiger partial charge is 0.462 e. The number of nitrogen functional groups attached to an aromatic ring is 1. The lowest BCUT2D eigenvalue weighted by molar-refractivity contribution is 0.0528. The zero-order valence-electron chi connectivity index (χ0n) is 12.4. The van der Waals surface area contributed by atoms with Crippen molar-refractivity contribution >= 4 is 22.4 Å². The van der Waals surface area contributed by atoms with E-state index in [1.807, 2.05) is 60.7 Å². The van der Waals surface area contributed by atoms with Gasteiger partial charge in [-0.05, 0) is 29.5 Å². The van der Waals surface area contributed by atoms with Crippen molar-refractivity contribution in [3.8, 4) is 11.1 Å². The van der Waals surface area contributed by atoms with Gasteiger partial charge in [0.15, 0.2) is 0 Å². The summed E-state index contributed by atoms with van der Waals surface area (Å²) in [6, 6.07) is 19.5. The number of rotatable bonds is 3. The number of hydrogen-bond donors (Lipinski definition) is 1. The van der Waals surface area contributed by atoms with Gasteiger partial charge in [0.05, 0.1) is 17.9 Å². The minimum absolute atomic E-state index is 0.319. The summed E-state index contributed by atoms with van der Waals surface area (Å²) >= 11 is 0. The molecule has 0 amide bonds. The van der Waals surface area contributed by atoms with Crippen molar-refractivity contribution in [1.29, 1.82) is 0 Å². The number of anilines is 1. The van der Waals surface area contributed by atoms with Gasteiger partial charge >= 0.3 is 5.97 Å². The molecular formula is C19H17NO2. The smallest absolute Gasteiger partial charge is 0.340 e. The number of carbonyl (C=O) groups is 1. The highest BCUT2D eigenvalue weighted by molar-refractivity contribution is 6.11. The van der Waals surface area contributed by atoms with Crippen LogP contribution in [0.5, 0.6) is 0 Å². The van der Waals surface area contributed by atoms with Gasteiger partial charge in [0.25, 0.3) is 0 Å². The molecule has 0 unspecified atom stereocenters. The molecule has 0 aliphatic carbocycles. The topological polar surface area (TPSA) is 52.3 Å². The molecule has 0 spiro atoms. The average molecular weight is 291 g/mol. The Bertz CT molecular complexity index is 825. The van der Waals surface area contributed by atoms with E-state index in [9.17, 15) is 4.79 Å². The number of esters is 1. The summed E-state index contributed by atoms with van der Waals surface area (Å²) in [5.74, 6) is -0.385. The fourth-order valence-electron chi connectivity index (χ4n) is 2.64. The first-order valence-electron chi connectivity index (χ1n) is 7.26. The second-order valence-corrected chi connectivity index (χ2v) is 5.02. The molecule has 3 aromatic rings. The SMILES string of the molecule is CCOC(=O)c1c(-c2ccccc2)cc2ccccc2c1N. The predicted octanol–water partition coefficient (Wildman–Crippen LogP) is 4.27. The molecule has 0 saturated heterocycles. The molecule has 110 valence electrons. The van der Waals surface area contributed by atoms with Crippen molar-refractivity contribution in [2.75, 3.05) is 12.3 Å². The number of ether oxygens (including phenoxy) is 1. The molecule has 0 aromatic heterocycles. The van der Waals surface area contributed by atoms with Crippen LogP contribution in [-0.2, 0) is 4.74 Å². The summed E-state index contributed by atoms with van der Waals surface area (Å²) in [5.41, 5.74) is 8.94. The summed E-state index contributed by atoms with van der Waals surface area (Å²) in [5, 5.41) is 1.87. The standard InChI is InChI=1S/C19H17NO2/c1-2-22-19(21)17-16(13-8-4-3-5-9-13)12-14-10-6-7-11-15(14)18(17)20/h3-12H,2,20H2,1H3. The molecule has 0 aliphatic rings.